The van der Waals surface area contributed by atoms with E-state index in [0.29, 0.717) is 12.1 Å². The molecular weight excluding hydrogens is 328 g/mol. The summed E-state index contributed by atoms with van der Waals surface area (Å²) in [6, 6.07) is 4.02. The van der Waals surface area contributed by atoms with Crippen LogP contribution in [0.1, 0.15) is 36.5 Å². The van der Waals surface area contributed by atoms with Gasteiger partial charge in [0, 0.05) is 49.4 Å². The van der Waals surface area contributed by atoms with Crippen molar-refractivity contribution in [2.45, 2.75) is 32.6 Å². The Balaban J connectivity index is 1.81. The summed E-state index contributed by atoms with van der Waals surface area (Å²) in [5, 5.41) is 0.957. The Morgan fingerprint density at radius 3 is 2.81 bits per heavy atom. The number of amides is 1. The van der Waals surface area contributed by atoms with E-state index < -0.39 is 0 Å². The number of carbonyl (C=O) groups excluding carboxylic acids is 1. The zero-order chi connectivity index (χ0) is 18.3. The molecule has 0 N–H and O–H groups in total. The number of hydrogen-bond donors (Lipinski definition) is 0. The van der Waals surface area contributed by atoms with Crippen LogP contribution in [0, 0.1) is 0 Å². The third-order valence-electron chi connectivity index (χ3n) is 5.50. The van der Waals surface area contributed by atoms with E-state index in [2.05, 4.69) is 11.0 Å². The molecule has 3 heterocycles. The van der Waals surface area contributed by atoms with E-state index in [1.807, 2.05) is 13.0 Å². The molecule has 4 rings (SSSR count). The molecule has 0 bridgehead atoms. The molecule has 2 aliphatic heterocycles. The smallest absolute Gasteiger partial charge is 0.343 e. The lowest BCUT2D eigenvalue weighted by Gasteiger charge is -2.37. The van der Waals surface area contributed by atoms with Crippen molar-refractivity contribution in [1.82, 2.24) is 4.90 Å². The second kappa shape index (κ2) is 6.63. The summed E-state index contributed by atoms with van der Waals surface area (Å²) in [6.07, 6.45) is 7.28. The quantitative estimate of drug-likeness (QED) is 0.629. The van der Waals surface area contributed by atoms with Crippen molar-refractivity contribution in [2.75, 3.05) is 31.6 Å². The molecule has 5 heteroatoms. The molecule has 5 nitrogen and oxygen atoms in total. The van der Waals surface area contributed by atoms with Crippen molar-refractivity contribution >= 4 is 28.6 Å². The van der Waals surface area contributed by atoms with Crippen LogP contribution < -0.4 is 10.5 Å². The molecular formula is C21H24N2O3. The number of anilines is 1. The summed E-state index contributed by atoms with van der Waals surface area (Å²) in [4.78, 5) is 28.4. The maximum absolute atomic E-state index is 12.5. The fourth-order valence-corrected chi connectivity index (χ4v) is 4.02. The fourth-order valence-electron chi connectivity index (χ4n) is 4.02. The maximum Gasteiger partial charge on any atom is 0.343 e. The minimum absolute atomic E-state index is 0.122. The van der Waals surface area contributed by atoms with Gasteiger partial charge in [0.1, 0.15) is 5.58 Å². The minimum Gasteiger partial charge on any atom is -0.422 e. The van der Waals surface area contributed by atoms with E-state index >= 15 is 0 Å². The van der Waals surface area contributed by atoms with Gasteiger partial charge in [0.15, 0.2) is 0 Å². The maximum atomic E-state index is 12.5. The van der Waals surface area contributed by atoms with Gasteiger partial charge in [0.25, 0.3) is 0 Å². The van der Waals surface area contributed by atoms with Crippen LogP contribution in [0.3, 0.4) is 0 Å². The van der Waals surface area contributed by atoms with Crippen molar-refractivity contribution < 1.29 is 9.21 Å². The Kier molecular flexibility index (Phi) is 4.31. The van der Waals surface area contributed by atoms with Crippen LogP contribution in [-0.2, 0) is 17.6 Å². The molecule has 136 valence electrons. The predicted octanol–water partition coefficient (Wildman–Crippen LogP) is 2.98. The number of rotatable bonds is 3. The predicted molar refractivity (Wildman–Crippen MR) is 104 cm³/mol. The second-order valence-corrected chi connectivity index (χ2v) is 7.15. The molecule has 0 atom stereocenters. The van der Waals surface area contributed by atoms with Gasteiger partial charge >= 0.3 is 5.63 Å². The summed E-state index contributed by atoms with van der Waals surface area (Å²) in [7, 11) is 1.73. The summed E-state index contributed by atoms with van der Waals surface area (Å²) >= 11 is 0. The lowest BCUT2D eigenvalue weighted by Crippen LogP contribution is -2.34. The van der Waals surface area contributed by atoms with E-state index in [4.69, 9.17) is 4.42 Å². The van der Waals surface area contributed by atoms with Gasteiger partial charge in [-0.2, -0.15) is 0 Å². The van der Waals surface area contributed by atoms with Crippen LogP contribution in [0.4, 0.5) is 5.69 Å². The number of carbonyl (C=O) groups is 1. The first kappa shape index (κ1) is 16.9. The number of nitrogens with zero attached hydrogens (tertiary/aromatic N) is 2. The number of benzene rings is 1. The topological polar surface area (TPSA) is 53.8 Å². The summed E-state index contributed by atoms with van der Waals surface area (Å²) in [5.41, 5.74) is 4.58. The lowest BCUT2D eigenvalue weighted by atomic mass is 9.90. The average molecular weight is 352 g/mol. The van der Waals surface area contributed by atoms with E-state index in [0.717, 1.165) is 43.3 Å². The molecule has 0 aliphatic carbocycles. The third-order valence-corrected chi connectivity index (χ3v) is 5.50. The van der Waals surface area contributed by atoms with Crippen LogP contribution in [0.25, 0.3) is 17.0 Å². The first-order valence-corrected chi connectivity index (χ1v) is 9.39. The van der Waals surface area contributed by atoms with Gasteiger partial charge in [-0.15, -0.1) is 0 Å². The minimum atomic E-state index is -0.384. The molecule has 0 unspecified atom stereocenters. The van der Waals surface area contributed by atoms with Crippen LogP contribution in [-0.4, -0.2) is 37.5 Å². The Hall–Kier alpha value is -2.56. The monoisotopic (exact) mass is 352 g/mol. The lowest BCUT2D eigenvalue weighted by molar-refractivity contribution is -0.124. The molecule has 1 amide bonds. The van der Waals surface area contributed by atoms with Crippen molar-refractivity contribution in [3.8, 4) is 0 Å². The van der Waals surface area contributed by atoms with Gasteiger partial charge in [-0.3, -0.25) is 4.79 Å². The van der Waals surface area contributed by atoms with Crippen LogP contribution >= 0.6 is 0 Å². The zero-order valence-corrected chi connectivity index (χ0v) is 15.4. The normalized spacial score (nSPS) is 16.2. The molecule has 2 aliphatic rings. The van der Waals surface area contributed by atoms with Gasteiger partial charge in [-0.1, -0.05) is 0 Å². The number of likely N-dealkylation sites (N-methyl/N-ethyl adjacent to an activating group) is 1. The molecule has 26 heavy (non-hydrogen) atoms. The number of aryl methyl sites for hydroxylation is 2. The molecule has 0 fully saturated rings. The largest absolute Gasteiger partial charge is 0.422 e. The molecule has 1 aromatic heterocycles. The van der Waals surface area contributed by atoms with Crippen molar-refractivity contribution in [3.05, 3.63) is 45.3 Å². The standard InChI is InChI=1S/C21H24N2O3/c1-3-22(2)18(24)9-8-15-13-16-12-14-6-4-10-23-11-5-7-17(19(14)23)20(16)26-21(15)25/h8-9,12-13H,3-7,10-11H2,1-2H3/b9-8+. The van der Waals surface area contributed by atoms with Crippen LogP contribution in [0.2, 0.25) is 0 Å². The van der Waals surface area contributed by atoms with Gasteiger partial charge in [-0.25, -0.2) is 4.79 Å². The molecule has 0 saturated carbocycles. The Bertz CT molecular complexity index is 956. The highest BCUT2D eigenvalue weighted by atomic mass is 16.4. The van der Waals surface area contributed by atoms with E-state index in [1.165, 1.54) is 29.3 Å². The van der Waals surface area contributed by atoms with Crippen molar-refractivity contribution in [2.24, 2.45) is 0 Å². The molecule has 0 spiro atoms. The SMILES string of the molecule is CCN(C)C(=O)/C=C/c1cc2cc3c4c(c2oc1=O)CCCN4CCC3. The van der Waals surface area contributed by atoms with Gasteiger partial charge in [0.05, 0.1) is 5.56 Å². The summed E-state index contributed by atoms with van der Waals surface area (Å²) < 4.78 is 5.72. The summed E-state index contributed by atoms with van der Waals surface area (Å²) in [6.45, 7) is 4.71. The highest BCUT2D eigenvalue weighted by molar-refractivity contribution is 5.93. The van der Waals surface area contributed by atoms with Crippen molar-refractivity contribution in [1.29, 1.82) is 0 Å². The number of fused-ring (bicyclic) bond motifs is 2. The average Bonchev–Trinajstić information content (AvgIpc) is 2.66. The second-order valence-electron chi connectivity index (χ2n) is 7.15. The van der Waals surface area contributed by atoms with Crippen LogP contribution in [0.5, 0.6) is 0 Å². The fraction of sp³-hybridized carbons (Fsp3) is 0.429. The van der Waals surface area contributed by atoms with Gasteiger partial charge in [-0.05, 0) is 56.4 Å². The van der Waals surface area contributed by atoms with E-state index in [1.54, 1.807) is 18.0 Å². The summed E-state index contributed by atoms with van der Waals surface area (Å²) in [5.74, 6) is -0.122. The molecule has 2 aromatic rings. The van der Waals surface area contributed by atoms with Gasteiger partial charge < -0.3 is 14.2 Å². The van der Waals surface area contributed by atoms with E-state index in [9.17, 15) is 9.59 Å². The first-order valence-electron chi connectivity index (χ1n) is 9.39. The van der Waals surface area contributed by atoms with E-state index in [-0.39, 0.29) is 11.5 Å². The highest BCUT2D eigenvalue weighted by Gasteiger charge is 2.26. The van der Waals surface area contributed by atoms with Crippen molar-refractivity contribution in [3.63, 3.8) is 0 Å². The Morgan fingerprint density at radius 2 is 2.04 bits per heavy atom. The van der Waals surface area contributed by atoms with Crippen LogP contribution in [0.15, 0.2) is 27.4 Å². The molecule has 0 saturated heterocycles. The molecule has 0 radical (unpaired) electrons. The first-order chi connectivity index (χ1) is 12.6. The van der Waals surface area contributed by atoms with Gasteiger partial charge in [0.2, 0.25) is 5.91 Å². The third kappa shape index (κ3) is 2.81. The zero-order valence-electron chi connectivity index (χ0n) is 15.4. The molecule has 1 aromatic carbocycles. The Morgan fingerprint density at radius 1 is 1.27 bits per heavy atom. The highest BCUT2D eigenvalue weighted by Crippen LogP contribution is 2.39. The Labute approximate surface area is 152 Å². The number of hydrogen-bond acceptors (Lipinski definition) is 4.